The Morgan fingerprint density at radius 2 is 0.713 bits per heavy atom. The Labute approximate surface area is 822 Å². The maximum atomic E-state index is 13.4. The zero-order valence-electron chi connectivity index (χ0n) is 79.4. The van der Waals surface area contributed by atoms with Crippen molar-refractivity contribution in [2.75, 3.05) is 17.7 Å². The molecule has 740 valence electrons. The van der Waals surface area contributed by atoms with Crippen molar-refractivity contribution in [3.8, 4) is 45.3 Å². The van der Waals surface area contributed by atoms with Crippen molar-refractivity contribution in [2.24, 2.45) is 0 Å². The Morgan fingerprint density at radius 3 is 1.08 bits per heavy atom. The van der Waals surface area contributed by atoms with Gasteiger partial charge in [0.05, 0.1) is 64.2 Å². The van der Waals surface area contributed by atoms with Crippen LogP contribution in [0.1, 0.15) is 131 Å². The molecule has 0 atom stereocenters. The maximum Gasteiger partial charge on any atom is 0.471 e. The summed E-state index contributed by atoms with van der Waals surface area (Å²) in [7, 11) is 1.00. The van der Waals surface area contributed by atoms with Gasteiger partial charge in [0.2, 0.25) is 17.6 Å². The lowest BCUT2D eigenvalue weighted by Crippen LogP contribution is -2.42. The number of amides is 7. The Balaban J connectivity index is 0.000000156. The van der Waals surface area contributed by atoms with Gasteiger partial charge in [-0.05, 0) is 277 Å². The Kier molecular flexibility index (Phi) is 34.2. The minimum absolute atomic E-state index is 0.0109. The van der Waals surface area contributed by atoms with Gasteiger partial charge in [-0.2, -0.15) is 18.1 Å². The highest BCUT2D eigenvalue weighted by atomic mass is 35.5. The molecule has 33 nitrogen and oxygen atoms in total. The molecule has 7 amide bonds. The molecule has 3 N–H and O–H groups in total. The van der Waals surface area contributed by atoms with Gasteiger partial charge < -0.3 is 44.5 Å². The first-order chi connectivity index (χ1) is 67.9. The number of imide groups is 1. The molecular formula is C103H98ClF6N17O16. The fraction of sp³-hybridized carbons (Fsp3) is 0.252. The van der Waals surface area contributed by atoms with Crippen molar-refractivity contribution in [1.82, 2.24) is 64.4 Å². The number of nitrogens with zero attached hydrogens (tertiary/aromatic N) is 16. The average Bonchev–Trinajstić information content (AvgIpc) is 1.78. The molecule has 8 aromatic heterocycles. The summed E-state index contributed by atoms with van der Waals surface area (Å²) >= 11 is 5.81. The molecule has 5 aromatic carbocycles. The number of nitrogens with two attached hydrogens (primary N) is 1. The number of rotatable bonds is 12. The topological polar surface area (TPSA) is 412 Å². The molecule has 40 heteroatoms. The number of anilines is 2. The number of hydrogen-bond donors (Lipinski definition) is 2. The second-order valence-corrected chi connectivity index (χ2v) is 35.4. The molecule has 18 rings (SSSR count). The van der Waals surface area contributed by atoms with Gasteiger partial charge in [-0.25, -0.2) is 47.3 Å². The van der Waals surface area contributed by atoms with Crippen molar-refractivity contribution in [3.05, 3.63) is 364 Å². The molecule has 0 saturated heterocycles. The van der Waals surface area contributed by atoms with Crippen LogP contribution in [0.2, 0.25) is 5.15 Å². The second kappa shape index (κ2) is 46.5. The summed E-state index contributed by atoms with van der Waals surface area (Å²) in [5.74, 6) is -3.69. The molecule has 5 aliphatic heterocycles. The maximum absolute atomic E-state index is 13.4. The van der Waals surface area contributed by atoms with E-state index in [1.54, 1.807) is 124 Å². The van der Waals surface area contributed by atoms with Crippen LogP contribution in [-0.4, -0.2) is 146 Å². The van der Waals surface area contributed by atoms with E-state index in [0.717, 1.165) is 90.9 Å². The van der Waals surface area contributed by atoms with Crippen LogP contribution in [-0.2, 0) is 102 Å². The number of nitro groups is 2. The first-order valence-electron chi connectivity index (χ1n) is 44.3. The summed E-state index contributed by atoms with van der Waals surface area (Å²) in [5, 5.41) is 30.6. The third-order valence-corrected chi connectivity index (χ3v) is 22.0. The number of halogens is 7. The molecule has 5 aliphatic rings. The molecule has 0 spiro atoms. The molecule has 13 heterocycles. The normalized spacial score (nSPS) is 12.8. The van der Waals surface area contributed by atoms with Crippen LogP contribution in [0.3, 0.4) is 0 Å². The van der Waals surface area contributed by atoms with Crippen LogP contribution in [0.25, 0.3) is 33.8 Å². The van der Waals surface area contributed by atoms with Crippen molar-refractivity contribution in [3.63, 3.8) is 0 Å². The third-order valence-electron chi connectivity index (χ3n) is 21.8. The van der Waals surface area contributed by atoms with E-state index < -0.39 is 62.6 Å². The highest BCUT2D eigenvalue weighted by Gasteiger charge is 2.45. The lowest BCUT2D eigenvalue weighted by molar-refractivity contribution is -0.385. The van der Waals surface area contributed by atoms with Crippen LogP contribution in [0.5, 0.6) is 11.5 Å². The quantitative estimate of drug-likeness (QED) is 0.0496. The van der Waals surface area contributed by atoms with Gasteiger partial charge in [0.25, 0.3) is 5.69 Å². The van der Waals surface area contributed by atoms with Gasteiger partial charge >= 0.3 is 42.1 Å². The van der Waals surface area contributed by atoms with Crippen molar-refractivity contribution >= 4 is 76.6 Å². The predicted octanol–water partition coefficient (Wildman–Crippen LogP) is 19.9. The van der Waals surface area contributed by atoms with Gasteiger partial charge in [-0.15, -0.1) is 0 Å². The highest BCUT2D eigenvalue weighted by Crippen LogP contribution is 2.37. The van der Waals surface area contributed by atoms with Crippen LogP contribution in [0, 0.1) is 65.4 Å². The smallest absolute Gasteiger partial charge is 0.444 e. The number of aryl methyl sites for hydroxylation is 4. The lowest BCUT2D eigenvalue weighted by Gasteiger charge is -2.24. The van der Waals surface area contributed by atoms with Crippen LogP contribution in [0.4, 0.5) is 68.4 Å². The van der Waals surface area contributed by atoms with E-state index in [1.807, 2.05) is 92.9 Å². The standard InChI is InChI=1S/C25H16FN3O6.C21H17FN4O3.C21H19FN4O.C13H18N2O2.C12H15ClN2O2.C10H9F3N2O.CH4O/c26-18-13-11-17(12-14-18)21-15-16-22(29(32)33)23(27-21)28(24(30)34-19-7-3-1-4-8-19)25(31)35-20-9-5-2-6-10-20;1-13-8-15-11-25(12-16(15)10-23-13)21(27)9-19-20(26(28)29)7-6-18(24-19)14-2-4-17(22)5-3-14;1-13-8-15-11-26(12-16(15)10-24-13)21(27)9-20-18(23)6-7-19(25-20)14-2-4-17(22)5-3-14;1-9-5-10-7-15(8-11(10)6-14-9)12(16)17-13(2,3)4;1-12(2,3)17-11(16)15-6-8-4-10(13)14-5-9(8)7-15;1-6-2-7-4-15(5-8(7)3-14-6)9(16)10(11,12)13;1-2/h1-16H;2-8,10H,9,11-12H2,1H3;2-8,10H,9,11-12,23H2,1H3;5-6H,7-8H2,1-4H3;4-5H,6-7H2,1-3H3;2-3H,4-5H2,1H3;2H,1H3. The molecule has 0 fully saturated rings. The van der Waals surface area contributed by atoms with Gasteiger partial charge in [0.1, 0.15) is 51.0 Å². The molecule has 0 saturated carbocycles. The number of aromatic nitrogens is 8. The number of para-hydroxylation sites is 2. The van der Waals surface area contributed by atoms with E-state index in [1.165, 1.54) is 103 Å². The van der Waals surface area contributed by atoms with Crippen LogP contribution < -0.4 is 20.1 Å². The number of fused-ring (bicyclic) bond motifs is 5. The summed E-state index contributed by atoms with van der Waals surface area (Å²) in [6.07, 6.45) is 0.695. The van der Waals surface area contributed by atoms with E-state index in [2.05, 4.69) is 39.9 Å². The highest BCUT2D eigenvalue weighted by molar-refractivity contribution is 6.29. The first-order valence-corrected chi connectivity index (χ1v) is 44.7. The molecule has 0 aliphatic carbocycles. The van der Waals surface area contributed by atoms with Gasteiger partial charge in [-0.1, -0.05) is 48.0 Å². The number of carbonyl (C=O) groups is 7. The molecule has 13 aromatic rings. The third kappa shape index (κ3) is 28.8. The molecule has 0 radical (unpaired) electrons. The number of nitrogen functional groups attached to an aromatic ring is 1. The van der Waals surface area contributed by atoms with Gasteiger partial charge in [0, 0.05) is 142 Å². The zero-order valence-corrected chi connectivity index (χ0v) is 80.1. The van der Waals surface area contributed by atoms with Gasteiger partial charge in [0.15, 0.2) is 0 Å². The number of aliphatic hydroxyl groups excluding tert-OH is 1. The van der Waals surface area contributed by atoms with Crippen LogP contribution >= 0.6 is 11.6 Å². The summed E-state index contributed by atoms with van der Waals surface area (Å²) in [6.45, 7) is 23.0. The lowest BCUT2D eigenvalue weighted by atomic mass is 10.1. The summed E-state index contributed by atoms with van der Waals surface area (Å²) in [5.41, 5.74) is 22.0. The number of alkyl halides is 3. The second-order valence-electron chi connectivity index (χ2n) is 35.0. The minimum Gasteiger partial charge on any atom is -0.444 e. The fourth-order valence-electron chi connectivity index (χ4n) is 15.0. The van der Waals surface area contributed by atoms with E-state index >= 15 is 0 Å². The number of benzene rings is 5. The predicted molar refractivity (Wildman–Crippen MR) is 514 cm³/mol. The Bertz CT molecular complexity index is 6730. The van der Waals surface area contributed by atoms with Crippen molar-refractivity contribution in [2.45, 2.75) is 165 Å². The summed E-state index contributed by atoms with van der Waals surface area (Å²) < 4.78 is 97.4. The van der Waals surface area contributed by atoms with E-state index in [0.29, 0.717) is 102 Å². The monoisotopic (exact) mass is 1980 g/mol. The Morgan fingerprint density at radius 1 is 0.406 bits per heavy atom. The number of carbonyl (C=O) groups excluding carboxylic acids is 7. The fourth-order valence-corrected chi connectivity index (χ4v) is 15.2. The minimum atomic E-state index is -4.80. The molecule has 0 bridgehead atoms. The molecule has 0 unspecified atom stereocenters. The van der Waals surface area contributed by atoms with E-state index in [-0.39, 0.29) is 90.1 Å². The average molecular weight is 1980 g/mol. The zero-order chi connectivity index (χ0) is 103. The first kappa shape index (κ1) is 105. The SMILES string of the molecule is CC(C)(C)OC(=O)N1Cc2cnc(Cl)cc2C1.CO.Cc1cc2c(cn1)CN(C(=O)C(F)(F)F)C2.Cc1cc2c(cn1)CN(C(=O)Cc1nc(-c3ccc(F)cc3)ccc1N)C2.Cc1cc2c(cn1)CN(C(=O)Cc1nc(-c3ccc(F)cc3)ccc1[N+](=O)[O-])C2.Cc1cc2c(cn1)CN(C(=O)OC(C)(C)C)C2.O=C(Oc1ccccc1)N(C(=O)Oc1ccccc1)c1nc(-c2ccc(F)cc2)ccc1[N+](=O)[O-]. The van der Waals surface area contributed by atoms with Crippen molar-refractivity contribution in [1.29, 1.82) is 0 Å². The molecule has 143 heavy (non-hydrogen) atoms. The summed E-state index contributed by atoms with van der Waals surface area (Å²) in [6, 6.07) is 50.8. The van der Waals surface area contributed by atoms with Gasteiger partial charge in [-0.3, -0.25) is 69.3 Å². The molecular weight excluding hydrogens is 1880 g/mol. The van der Waals surface area contributed by atoms with E-state index in [4.69, 9.17) is 41.4 Å². The number of hydrogen-bond acceptors (Lipinski definition) is 25. The van der Waals surface area contributed by atoms with E-state index in [9.17, 15) is 80.1 Å². The van der Waals surface area contributed by atoms with Crippen LogP contribution in [0.15, 0.2) is 231 Å². The number of pyridine rings is 8. The Hall–Kier alpha value is -16.6. The summed E-state index contributed by atoms with van der Waals surface area (Å²) in [4.78, 5) is 150. The number of aliphatic hydroxyl groups is 1. The largest absolute Gasteiger partial charge is 0.471 e. The van der Waals surface area contributed by atoms with Crippen molar-refractivity contribution < 1.29 is 93.8 Å². The number of ether oxygens (including phenoxy) is 4.